The number of aromatic nitrogens is 4. The molecule has 1 aliphatic rings. The van der Waals surface area contributed by atoms with Crippen molar-refractivity contribution in [2.45, 2.75) is 26.7 Å². The second kappa shape index (κ2) is 14.6. The van der Waals surface area contributed by atoms with E-state index in [0.717, 1.165) is 84.6 Å². The van der Waals surface area contributed by atoms with Crippen molar-refractivity contribution >= 4 is 60.0 Å². The first-order valence-electron chi connectivity index (χ1n) is 20.8. The average Bonchev–Trinajstić information content (AvgIpc) is 3.88. The SMILES string of the molecule is C1=C(c2ccc3oc4ccccc4c3c2)c2c(c3ccc4ccccc4c3n2-c2nc(-c3ccc(-c4ccccc4)cc3)nc(-c3ccc4ccccc4c3)n2)CC1.CC. The van der Waals surface area contributed by atoms with Crippen molar-refractivity contribution in [3.8, 4) is 39.9 Å². The van der Waals surface area contributed by atoms with E-state index < -0.39 is 0 Å². The number of fused-ring (bicyclic) bond motifs is 9. The molecule has 5 nitrogen and oxygen atoms in total. The Morgan fingerprint density at radius 2 is 1.07 bits per heavy atom. The average molecular weight is 773 g/mol. The van der Waals surface area contributed by atoms with Gasteiger partial charge in [-0.1, -0.05) is 172 Å². The summed E-state index contributed by atoms with van der Waals surface area (Å²) >= 11 is 0. The van der Waals surface area contributed by atoms with E-state index in [0.29, 0.717) is 17.6 Å². The summed E-state index contributed by atoms with van der Waals surface area (Å²) in [6.07, 6.45) is 4.23. The Morgan fingerprint density at radius 1 is 0.450 bits per heavy atom. The van der Waals surface area contributed by atoms with E-state index in [1.54, 1.807) is 0 Å². The maximum absolute atomic E-state index is 6.27. The highest BCUT2D eigenvalue weighted by Gasteiger charge is 2.28. The number of hydrogen-bond donors (Lipinski definition) is 0. The molecule has 0 N–H and O–H groups in total. The quantitative estimate of drug-likeness (QED) is 0.175. The maximum Gasteiger partial charge on any atom is 0.238 e. The monoisotopic (exact) mass is 772 g/mol. The third kappa shape index (κ3) is 5.89. The number of nitrogens with zero attached hydrogens (tertiary/aromatic N) is 4. The van der Waals surface area contributed by atoms with Crippen LogP contribution in [0, 0.1) is 0 Å². The fourth-order valence-corrected chi connectivity index (χ4v) is 8.95. The Balaban J connectivity index is 0.00000201. The van der Waals surface area contributed by atoms with Crippen LogP contribution in [0.2, 0.25) is 0 Å². The molecule has 0 radical (unpaired) electrons. The molecule has 5 heteroatoms. The first kappa shape index (κ1) is 35.5. The molecular weight excluding hydrogens is 733 g/mol. The van der Waals surface area contributed by atoms with Gasteiger partial charge in [-0.3, -0.25) is 4.57 Å². The highest BCUT2D eigenvalue weighted by atomic mass is 16.3. The minimum absolute atomic E-state index is 0.588. The van der Waals surface area contributed by atoms with Crippen LogP contribution in [0.4, 0.5) is 0 Å². The molecule has 8 aromatic carbocycles. The van der Waals surface area contributed by atoms with Gasteiger partial charge in [-0.25, -0.2) is 4.98 Å². The van der Waals surface area contributed by atoms with E-state index >= 15 is 0 Å². The summed E-state index contributed by atoms with van der Waals surface area (Å²) in [5.74, 6) is 1.84. The molecule has 0 aliphatic heterocycles. The highest BCUT2D eigenvalue weighted by Crippen LogP contribution is 2.44. The zero-order valence-electron chi connectivity index (χ0n) is 33.4. The standard InChI is InChI=1S/C53H34N4O.C2H6/c1-2-11-33(12-3-1)35-21-24-37(25-22-35)51-54-52(40-26-23-34-13-4-5-15-38(34)31-40)56-53(55-51)57-49-41-16-7-6-14-36(41)27-29-45(49)44-19-10-18-42(50(44)57)39-28-30-48-46(32-39)43-17-8-9-20-47(43)58-48;1-2/h1-9,11-18,20-32H,10,19H2;1-2H3. The van der Waals surface area contributed by atoms with Gasteiger partial charge in [0.1, 0.15) is 11.2 Å². The lowest BCUT2D eigenvalue weighted by Gasteiger charge is -2.19. The minimum atomic E-state index is 0.588. The van der Waals surface area contributed by atoms with Crippen molar-refractivity contribution in [2.24, 2.45) is 0 Å². The Hall–Kier alpha value is -7.63. The molecule has 0 spiro atoms. The van der Waals surface area contributed by atoms with Crippen molar-refractivity contribution in [1.29, 1.82) is 0 Å². The van der Waals surface area contributed by atoms with Crippen molar-refractivity contribution in [3.05, 3.63) is 199 Å². The molecule has 0 saturated carbocycles. The lowest BCUT2D eigenvalue weighted by Crippen LogP contribution is -2.11. The Labute approximate surface area is 347 Å². The van der Waals surface area contributed by atoms with E-state index in [2.05, 4.69) is 168 Å². The summed E-state index contributed by atoms with van der Waals surface area (Å²) in [7, 11) is 0. The van der Waals surface area contributed by atoms with E-state index in [-0.39, 0.29) is 0 Å². The van der Waals surface area contributed by atoms with Gasteiger partial charge in [-0.05, 0) is 75.5 Å². The molecule has 0 amide bonds. The van der Waals surface area contributed by atoms with E-state index in [9.17, 15) is 0 Å². The predicted molar refractivity (Wildman–Crippen MR) is 248 cm³/mol. The normalized spacial score (nSPS) is 12.5. The van der Waals surface area contributed by atoms with Crippen LogP contribution in [0.5, 0.6) is 0 Å². The van der Waals surface area contributed by atoms with Crippen molar-refractivity contribution in [2.75, 3.05) is 0 Å². The molecule has 0 saturated heterocycles. The van der Waals surface area contributed by atoms with Crippen LogP contribution < -0.4 is 0 Å². The molecule has 3 aromatic heterocycles. The van der Waals surface area contributed by atoms with Gasteiger partial charge in [-0.15, -0.1) is 0 Å². The van der Waals surface area contributed by atoms with Crippen LogP contribution in [0.15, 0.2) is 186 Å². The Morgan fingerprint density at radius 3 is 1.90 bits per heavy atom. The molecule has 286 valence electrons. The van der Waals surface area contributed by atoms with E-state index in [4.69, 9.17) is 19.4 Å². The predicted octanol–water partition coefficient (Wildman–Crippen LogP) is 14.4. The summed E-state index contributed by atoms with van der Waals surface area (Å²) in [6.45, 7) is 4.00. The summed E-state index contributed by atoms with van der Waals surface area (Å²) in [6, 6.07) is 62.0. The van der Waals surface area contributed by atoms with Crippen LogP contribution in [0.25, 0.3) is 99.8 Å². The van der Waals surface area contributed by atoms with Crippen molar-refractivity contribution in [1.82, 2.24) is 19.5 Å². The second-order valence-corrected chi connectivity index (χ2v) is 15.1. The zero-order valence-corrected chi connectivity index (χ0v) is 33.4. The number of para-hydroxylation sites is 1. The van der Waals surface area contributed by atoms with Crippen molar-refractivity contribution in [3.63, 3.8) is 0 Å². The maximum atomic E-state index is 6.27. The Kier molecular flexibility index (Phi) is 8.67. The van der Waals surface area contributed by atoms with Gasteiger partial charge < -0.3 is 4.42 Å². The van der Waals surface area contributed by atoms with Gasteiger partial charge in [0.05, 0.1) is 11.2 Å². The molecule has 1 aliphatic carbocycles. The first-order chi connectivity index (χ1) is 29.7. The number of hydrogen-bond acceptors (Lipinski definition) is 4. The molecule has 0 atom stereocenters. The van der Waals surface area contributed by atoms with Crippen LogP contribution in [0.3, 0.4) is 0 Å². The summed E-state index contributed by atoms with van der Waals surface area (Å²) in [5, 5.41) is 8.08. The molecule has 60 heavy (non-hydrogen) atoms. The van der Waals surface area contributed by atoms with Crippen LogP contribution in [-0.4, -0.2) is 19.5 Å². The third-order valence-electron chi connectivity index (χ3n) is 11.7. The summed E-state index contributed by atoms with van der Waals surface area (Å²) in [4.78, 5) is 16.0. The Bertz CT molecular complexity index is 3450. The topological polar surface area (TPSA) is 56.7 Å². The van der Waals surface area contributed by atoms with Crippen LogP contribution in [-0.2, 0) is 6.42 Å². The zero-order chi connectivity index (χ0) is 40.2. The van der Waals surface area contributed by atoms with E-state index in [1.807, 2.05) is 32.0 Å². The van der Waals surface area contributed by atoms with Gasteiger partial charge in [0.2, 0.25) is 5.95 Å². The third-order valence-corrected chi connectivity index (χ3v) is 11.7. The van der Waals surface area contributed by atoms with Crippen LogP contribution >= 0.6 is 0 Å². The van der Waals surface area contributed by atoms with Crippen molar-refractivity contribution < 1.29 is 4.42 Å². The molecular formula is C55H40N4O. The van der Waals surface area contributed by atoms with Gasteiger partial charge in [0.15, 0.2) is 11.6 Å². The number of furan rings is 1. The van der Waals surface area contributed by atoms with Gasteiger partial charge in [0.25, 0.3) is 0 Å². The fourth-order valence-electron chi connectivity index (χ4n) is 8.95. The molecule has 3 heterocycles. The minimum Gasteiger partial charge on any atom is -0.456 e. The molecule has 0 unspecified atom stereocenters. The lowest BCUT2D eigenvalue weighted by atomic mass is 9.90. The number of aryl methyl sites for hydroxylation is 1. The molecule has 0 fully saturated rings. The number of benzene rings is 8. The highest BCUT2D eigenvalue weighted by molar-refractivity contribution is 6.11. The lowest BCUT2D eigenvalue weighted by molar-refractivity contribution is 0.669. The second-order valence-electron chi connectivity index (χ2n) is 15.1. The number of allylic oxidation sites excluding steroid dienone is 1. The molecule has 12 rings (SSSR count). The molecule has 11 aromatic rings. The first-order valence-corrected chi connectivity index (χ1v) is 20.8. The van der Waals surface area contributed by atoms with Crippen LogP contribution in [0.1, 0.15) is 37.1 Å². The fraction of sp³-hybridized carbons (Fsp3) is 0.0727. The van der Waals surface area contributed by atoms with Gasteiger partial charge >= 0.3 is 0 Å². The van der Waals surface area contributed by atoms with Gasteiger partial charge in [-0.2, -0.15) is 9.97 Å². The van der Waals surface area contributed by atoms with Gasteiger partial charge in [0, 0.05) is 38.2 Å². The number of rotatable bonds is 5. The van der Waals surface area contributed by atoms with E-state index in [1.165, 1.54) is 27.3 Å². The molecule has 0 bridgehead atoms. The summed E-state index contributed by atoms with van der Waals surface area (Å²) in [5.41, 5.74) is 11.8. The summed E-state index contributed by atoms with van der Waals surface area (Å²) < 4.78 is 8.59. The smallest absolute Gasteiger partial charge is 0.238 e. The largest absolute Gasteiger partial charge is 0.456 e.